The van der Waals surface area contributed by atoms with Crippen LogP contribution in [0.3, 0.4) is 0 Å². The van der Waals surface area contributed by atoms with Gasteiger partial charge in [-0.15, -0.1) is 0 Å². The van der Waals surface area contributed by atoms with E-state index in [1.165, 1.54) is 0 Å². The molecule has 1 heterocycles. The fourth-order valence-electron chi connectivity index (χ4n) is 2.80. The lowest BCUT2D eigenvalue weighted by Gasteiger charge is -2.28. The van der Waals surface area contributed by atoms with Crippen LogP contribution in [-0.2, 0) is 4.79 Å². The second kappa shape index (κ2) is 6.22. The Bertz CT molecular complexity index is 554. The molecule has 1 amide bonds. The van der Waals surface area contributed by atoms with Gasteiger partial charge in [-0.3, -0.25) is 4.79 Å². The number of anilines is 1. The van der Waals surface area contributed by atoms with Crippen LogP contribution in [0.5, 0.6) is 0 Å². The molecule has 1 aliphatic rings. The molecule has 1 aromatic rings. The Hall–Kier alpha value is -1.95. The summed E-state index contributed by atoms with van der Waals surface area (Å²) in [5.41, 5.74) is -0.803. The Morgan fingerprint density at radius 1 is 1.48 bits per heavy atom. The van der Waals surface area contributed by atoms with Crippen molar-refractivity contribution in [2.75, 3.05) is 11.9 Å². The largest absolute Gasteiger partial charge is 0.478 e. The summed E-state index contributed by atoms with van der Waals surface area (Å²) in [6, 6.07) is 3.26. The number of hydrogen-bond acceptors (Lipinski definition) is 3. The zero-order valence-corrected chi connectivity index (χ0v) is 11.9. The van der Waals surface area contributed by atoms with Crippen LogP contribution in [0.1, 0.15) is 43.0 Å². The van der Waals surface area contributed by atoms with E-state index in [4.69, 9.17) is 5.11 Å². The molecule has 0 aromatic heterocycles. The molecule has 1 atom stereocenters. The minimum Gasteiger partial charge on any atom is -0.478 e. The van der Waals surface area contributed by atoms with E-state index in [-0.39, 0.29) is 17.2 Å². The second-order valence-corrected chi connectivity index (χ2v) is 5.31. The average molecular weight is 294 g/mol. The van der Waals surface area contributed by atoms with Crippen LogP contribution in [0.4, 0.5) is 10.1 Å². The zero-order valence-electron chi connectivity index (χ0n) is 11.9. The van der Waals surface area contributed by atoms with Gasteiger partial charge in [0, 0.05) is 0 Å². The minimum atomic E-state index is -1.20. The predicted octanol–water partition coefficient (Wildman–Crippen LogP) is 2.38. The molecule has 1 unspecified atom stereocenters. The van der Waals surface area contributed by atoms with Crippen molar-refractivity contribution in [1.29, 1.82) is 0 Å². The summed E-state index contributed by atoms with van der Waals surface area (Å²) >= 11 is 0. The number of carboxylic acid groups (broad SMARTS) is 1. The van der Waals surface area contributed by atoms with Crippen molar-refractivity contribution in [2.24, 2.45) is 0 Å². The fourth-order valence-corrected chi connectivity index (χ4v) is 2.80. The van der Waals surface area contributed by atoms with Gasteiger partial charge in [0.1, 0.15) is 5.82 Å². The van der Waals surface area contributed by atoms with Crippen molar-refractivity contribution in [1.82, 2.24) is 5.32 Å². The van der Waals surface area contributed by atoms with E-state index in [2.05, 4.69) is 10.6 Å². The molecule has 1 saturated heterocycles. The lowest BCUT2D eigenvalue weighted by Crippen LogP contribution is -2.50. The molecule has 1 fully saturated rings. The molecule has 3 N–H and O–H groups in total. The SMILES string of the molecule is CCCC1(C(=O)Nc2cc(F)ccc2C(=O)O)CCCN1. The number of halogens is 1. The van der Waals surface area contributed by atoms with E-state index in [9.17, 15) is 14.0 Å². The van der Waals surface area contributed by atoms with Crippen molar-refractivity contribution in [3.63, 3.8) is 0 Å². The van der Waals surface area contributed by atoms with Crippen LogP contribution >= 0.6 is 0 Å². The van der Waals surface area contributed by atoms with E-state index in [0.29, 0.717) is 12.8 Å². The molecule has 0 saturated carbocycles. The molecule has 0 aliphatic carbocycles. The third kappa shape index (κ3) is 3.21. The molecule has 0 radical (unpaired) electrons. The standard InChI is InChI=1S/C15H19FN2O3/c1-2-6-15(7-3-8-17-15)14(21)18-12-9-10(16)4-5-11(12)13(19)20/h4-5,9,17H,2-3,6-8H2,1H3,(H,18,21)(H,19,20). The number of carbonyl (C=O) groups excluding carboxylic acids is 1. The Labute approximate surface area is 122 Å². The summed E-state index contributed by atoms with van der Waals surface area (Å²) in [5, 5.41) is 14.9. The van der Waals surface area contributed by atoms with Crippen LogP contribution in [0.2, 0.25) is 0 Å². The van der Waals surface area contributed by atoms with E-state index < -0.39 is 17.3 Å². The fraction of sp³-hybridized carbons (Fsp3) is 0.467. The van der Waals surface area contributed by atoms with Gasteiger partial charge in [0.15, 0.2) is 0 Å². The van der Waals surface area contributed by atoms with Gasteiger partial charge in [-0.05, 0) is 44.0 Å². The highest BCUT2D eigenvalue weighted by Crippen LogP contribution is 2.27. The number of amides is 1. The van der Waals surface area contributed by atoms with E-state index in [1.54, 1.807) is 0 Å². The molecule has 0 spiro atoms. The van der Waals surface area contributed by atoms with Gasteiger partial charge in [0.25, 0.3) is 0 Å². The molecular weight excluding hydrogens is 275 g/mol. The molecule has 5 nitrogen and oxygen atoms in total. The van der Waals surface area contributed by atoms with Gasteiger partial charge < -0.3 is 15.7 Å². The molecule has 21 heavy (non-hydrogen) atoms. The highest BCUT2D eigenvalue weighted by atomic mass is 19.1. The summed E-state index contributed by atoms with van der Waals surface area (Å²) in [6.07, 6.45) is 3.08. The first-order valence-electron chi connectivity index (χ1n) is 7.08. The first-order valence-corrected chi connectivity index (χ1v) is 7.08. The predicted molar refractivity (Wildman–Crippen MR) is 76.9 cm³/mol. The summed E-state index contributed by atoms with van der Waals surface area (Å²) < 4.78 is 13.3. The molecule has 1 aliphatic heterocycles. The van der Waals surface area contributed by atoms with Gasteiger partial charge in [-0.25, -0.2) is 9.18 Å². The normalized spacial score (nSPS) is 21.2. The van der Waals surface area contributed by atoms with Crippen molar-refractivity contribution < 1.29 is 19.1 Å². The lowest BCUT2D eigenvalue weighted by atomic mass is 9.90. The van der Waals surface area contributed by atoms with Gasteiger partial charge >= 0.3 is 5.97 Å². The monoisotopic (exact) mass is 294 g/mol. The van der Waals surface area contributed by atoms with Crippen molar-refractivity contribution in [3.05, 3.63) is 29.6 Å². The molecule has 2 rings (SSSR count). The Morgan fingerprint density at radius 3 is 2.81 bits per heavy atom. The molecule has 1 aromatic carbocycles. The third-order valence-corrected chi connectivity index (χ3v) is 3.82. The molecule has 6 heteroatoms. The van der Waals surface area contributed by atoms with E-state index in [1.807, 2.05) is 6.92 Å². The van der Waals surface area contributed by atoms with E-state index >= 15 is 0 Å². The Balaban J connectivity index is 2.26. The summed E-state index contributed by atoms with van der Waals surface area (Å²) in [4.78, 5) is 23.7. The number of rotatable bonds is 5. The maximum absolute atomic E-state index is 13.3. The van der Waals surface area contributed by atoms with Crippen molar-refractivity contribution >= 4 is 17.6 Å². The highest BCUT2D eigenvalue weighted by molar-refractivity contribution is 6.03. The summed E-state index contributed by atoms with van der Waals surface area (Å²) in [7, 11) is 0. The van der Waals surface area contributed by atoms with E-state index in [0.717, 1.165) is 37.6 Å². The number of hydrogen-bond donors (Lipinski definition) is 3. The first-order chi connectivity index (χ1) is 9.98. The number of carbonyl (C=O) groups is 2. The van der Waals surface area contributed by atoms with Gasteiger partial charge in [-0.1, -0.05) is 13.3 Å². The topological polar surface area (TPSA) is 78.4 Å². The quantitative estimate of drug-likeness (QED) is 0.779. The smallest absolute Gasteiger partial charge is 0.337 e. The average Bonchev–Trinajstić information content (AvgIpc) is 2.88. The minimum absolute atomic E-state index is 0.00308. The number of carboxylic acids is 1. The first kappa shape index (κ1) is 15.4. The highest BCUT2D eigenvalue weighted by Gasteiger charge is 2.40. The van der Waals surface area contributed by atoms with Crippen LogP contribution < -0.4 is 10.6 Å². The van der Waals surface area contributed by atoms with Gasteiger partial charge in [-0.2, -0.15) is 0 Å². The Kier molecular flexibility index (Phi) is 4.57. The zero-order chi connectivity index (χ0) is 15.5. The van der Waals surface area contributed by atoms with Gasteiger partial charge in [0.2, 0.25) is 5.91 Å². The Morgan fingerprint density at radius 2 is 2.24 bits per heavy atom. The van der Waals surface area contributed by atoms with Crippen LogP contribution in [0, 0.1) is 5.82 Å². The molecular formula is C15H19FN2O3. The maximum atomic E-state index is 13.3. The molecule has 114 valence electrons. The van der Waals surface area contributed by atoms with Crippen LogP contribution in [-0.4, -0.2) is 29.1 Å². The number of benzene rings is 1. The van der Waals surface area contributed by atoms with Crippen LogP contribution in [0.15, 0.2) is 18.2 Å². The number of aromatic carboxylic acids is 1. The van der Waals surface area contributed by atoms with Crippen molar-refractivity contribution in [3.8, 4) is 0 Å². The summed E-state index contributed by atoms with van der Waals surface area (Å²) in [6.45, 7) is 2.74. The van der Waals surface area contributed by atoms with Crippen molar-refractivity contribution in [2.45, 2.75) is 38.1 Å². The van der Waals surface area contributed by atoms with Gasteiger partial charge in [0.05, 0.1) is 16.8 Å². The third-order valence-electron chi connectivity index (χ3n) is 3.82. The number of nitrogens with one attached hydrogen (secondary N) is 2. The maximum Gasteiger partial charge on any atom is 0.337 e. The summed E-state index contributed by atoms with van der Waals surface area (Å²) in [5.74, 6) is -2.08. The second-order valence-electron chi connectivity index (χ2n) is 5.31. The lowest BCUT2D eigenvalue weighted by molar-refractivity contribution is -0.122. The molecule has 0 bridgehead atoms. The van der Waals surface area contributed by atoms with Crippen LogP contribution in [0.25, 0.3) is 0 Å².